The van der Waals surface area contributed by atoms with E-state index in [1.165, 1.54) is 16.9 Å². The molecular weight excluding hydrogens is 348 g/mol. The van der Waals surface area contributed by atoms with Gasteiger partial charge in [0.15, 0.2) is 5.78 Å². The highest BCUT2D eigenvalue weighted by atomic mass is 32.1. The lowest BCUT2D eigenvalue weighted by molar-refractivity contribution is -0.130. The van der Waals surface area contributed by atoms with Crippen LogP contribution in [0.15, 0.2) is 36.4 Å². The van der Waals surface area contributed by atoms with Gasteiger partial charge in [-0.15, -0.1) is 11.3 Å². The number of urea groups is 1. The molecule has 6 heteroatoms. The fourth-order valence-electron chi connectivity index (χ4n) is 3.14. The van der Waals surface area contributed by atoms with E-state index in [1.807, 2.05) is 37.3 Å². The number of aryl methyl sites for hydroxylation is 2. The number of amides is 3. The van der Waals surface area contributed by atoms with Gasteiger partial charge >= 0.3 is 6.03 Å². The van der Waals surface area contributed by atoms with Crippen LogP contribution in [-0.4, -0.2) is 29.2 Å². The van der Waals surface area contributed by atoms with Crippen molar-refractivity contribution in [2.45, 2.75) is 39.2 Å². The lowest BCUT2D eigenvalue weighted by atomic mass is 9.91. The summed E-state index contributed by atoms with van der Waals surface area (Å²) in [5, 5.41) is 2.75. The van der Waals surface area contributed by atoms with Crippen molar-refractivity contribution in [3.63, 3.8) is 0 Å². The Morgan fingerprint density at radius 3 is 2.42 bits per heavy atom. The van der Waals surface area contributed by atoms with E-state index < -0.39 is 17.5 Å². The zero-order valence-electron chi connectivity index (χ0n) is 15.2. The predicted octanol–water partition coefficient (Wildman–Crippen LogP) is 3.66. The van der Waals surface area contributed by atoms with Crippen LogP contribution in [0.25, 0.3) is 0 Å². The zero-order chi connectivity index (χ0) is 18.9. The number of imide groups is 1. The fourth-order valence-corrected chi connectivity index (χ4v) is 3.93. The standard InChI is InChI=1S/C20H22N2O3S/c1-4-5-14-7-9-15(10-8-14)20(3)18(24)22(19(25)21-20)12-16(23)17-11-6-13(2)26-17/h6-11H,4-5,12H2,1-3H3,(H,21,25)/t20-/m1/s1. The normalized spacial score (nSPS) is 19.7. The first-order valence-corrected chi connectivity index (χ1v) is 9.50. The average molecular weight is 370 g/mol. The minimum atomic E-state index is -1.15. The second-order valence-corrected chi connectivity index (χ2v) is 8.01. The van der Waals surface area contributed by atoms with Crippen molar-refractivity contribution in [1.29, 1.82) is 0 Å². The molecule has 1 atom stereocenters. The van der Waals surface area contributed by atoms with Crippen molar-refractivity contribution in [3.05, 3.63) is 57.3 Å². The monoisotopic (exact) mass is 370 g/mol. The second kappa shape index (κ2) is 7.03. The Morgan fingerprint density at radius 1 is 1.15 bits per heavy atom. The topological polar surface area (TPSA) is 66.5 Å². The van der Waals surface area contributed by atoms with Crippen LogP contribution in [0, 0.1) is 6.92 Å². The largest absolute Gasteiger partial charge is 0.325 e. The Balaban J connectivity index is 1.80. The average Bonchev–Trinajstić information content (AvgIpc) is 3.13. The third kappa shape index (κ3) is 3.29. The van der Waals surface area contributed by atoms with Crippen molar-refractivity contribution in [1.82, 2.24) is 10.2 Å². The van der Waals surface area contributed by atoms with E-state index in [0.717, 1.165) is 28.2 Å². The highest BCUT2D eigenvalue weighted by Gasteiger charge is 2.49. The highest BCUT2D eigenvalue weighted by molar-refractivity contribution is 7.14. The summed E-state index contributed by atoms with van der Waals surface area (Å²) < 4.78 is 0. The number of Topliss-reactive ketones (excluding diaryl/α,β-unsaturated/α-hetero) is 1. The maximum Gasteiger partial charge on any atom is 0.325 e. The van der Waals surface area contributed by atoms with Gasteiger partial charge in [-0.05, 0) is 43.5 Å². The fraction of sp³-hybridized carbons (Fsp3) is 0.350. The van der Waals surface area contributed by atoms with Crippen molar-refractivity contribution in [2.75, 3.05) is 6.54 Å². The number of benzene rings is 1. The molecule has 0 spiro atoms. The van der Waals surface area contributed by atoms with Crippen LogP contribution in [0.4, 0.5) is 4.79 Å². The van der Waals surface area contributed by atoms with Gasteiger partial charge in [0.25, 0.3) is 5.91 Å². The smallest absolute Gasteiger partial charge is 0.319 e. The summed E-state index contributed by atoms with van der Waals surface area (Å²) in [4.78, 5) is 40.3. The van der Waals surface area contributed by atoms with E-state index >= 15 is 0 Å². The van der Waals surface area contributed by atoms with E-state index in [1.54, 1.807) is 13.0 Å². The number of thiophene rings is 1. The summed E-state index contributed by atoms with van der Waals surface area (Å²) in [6, 6.07) is 10.8. The summed E-state index contributed by atoms with van der Waals surface area (Å²) in [5.74, 6) is -0.624. The van der Waals surface area contributed by atoms with Gasteiger partial charge in [0.05, 0.1) is 11.4 Å². The van der Waals surface area contributed by atoms with Crippen LogP contribution in [0.1, 0.15) is 45.9 Å². The van der Waals surface area contributed by atoms with Gasteiger partial charge in [-0.25, -0.2) is 4.79 Å². The summed E-state index contributed by atoms with van der Waals surface area (Å²) in [6.45, 7) is 5.46. The number of carbonyl (C=O) groups excluding carboxylic acids is 3. The summed E-state index contributed by atoms with van der Waals surface area (Å²) >= 11 is 1.36. The first-order valence-electron chi connectivity index (χ1n) is 8.68. The SMILES string of the molecule is CCCc1ccc([C@@]2(C)NC(=O)N(CC(=O)c3ccc(C)s3)C2=O)cc1. The molecule has 5 nitrogen and oxygen atoms in total. The Kier molecular flexibility index (Phi) is 4.96. The van der Waals surface area contributed by atoms with Crippen molar-refractivity contribution in [3.8, 4) is 0 Å². The van der Waals surface area contributed by atoms with Crippen LogP contribution in [0.2, 0.25) is 0 Å². The molecule has 0 aliphatic carbocycles. The Labute approximate surface area is 157 Å². The van der Waals surface area contributed by atoms with Crippen LogP contribution >= 0.6 is 11.3 Å². The van der Waals surface area contributed by atoms with Gasteiger partial charge in [-0.3, -0.25) is 14.5 Å². The molecule has 3 rings (SSSR count). The van der Waals surface area contributed by atoms with E-state index in [0.29, 0.717) is 4.88 Å². The molecule has 1 aromatic carbocycles. The minimum absolute atomic E-state index is 0.228. The van der Waals surface area contributed by atoms with Gasteiger partial charge in [0.1, 0.15) is 5.54 Å². The van der Waals surface area contributed by atoms with Gasteiger partial charge in [-0.2, -0.15) is 0 Å². The van der Waals surface area contributed by atoms with Crippen molar-refractivity contribution < 1.29 is 14.4 Å². The third-order valence-corrected chi connectivity index (χ3v) is 5.70. The highest BCUT2D eigenvalue weighted by Crippen LogP contribution is 2.29. The zero-order valence-corrected chi connectivity index (χ0v) is 16.0. The maximum atomic E-state index is 12.9. The maximum absolute atomic E-state index is 12.9. The molecular formula is C20H22N2O3S. The van der Waals surface area contributed by atoms with Crippen molar-refractivity contribution >= 4 is 29.1 Å². The lowest BCUT2D eigenvalue weighted by Gasteiger charge is -2.22. The van der Waals surface area contributed by atoms with Crippen molar-refractivity contribution in [2.24, 2.45) is 0 Å². The molecule has 3 amide bonds. The third-order valence-electron chi connectivity index (χ3n) is 4.66. The molecule has 2 heterocycles. The number of ketones is 1. The Morgan fingerprint density at radius 2 is 1.85 bits per heavy atom. The number of hydrogen-bond acceptors (Lipinski definition) is 4. The number of carbonyl (C=O) groups is 3. The Bertz CT molecular complexity index is 856. The minimum Gasteiger partial charge on any atom is -0.319 e. The summed E-state index contributed by atoms with van der Waals surface area (Å²) in [6.07, 6.45) is 2.02. The molecule has 1 saturated heterocycles. The first kappa shape index (κ1) is 18.3. The van der Waals surface area contributed by atoms with Gasteiger partial charge in [0, 0.05) is 4.88 Å². The molecule has 2 aromatic rings. The molecule has 1 aromatic heterocycles. The lowest BCUT2D eigenvalue weighted by Crippen LogP contribution is -2.41. The first-order chi connectivity index (χ1) is 12.3. The molecule has 136 valence electrons. The van der Waals surface area contributed by atoms with E-state index in [-0.39, 0.29) is 12.3 Å². The van der Waals surface area contributed by atoms with E-state index in [9.17, 15) is 14.4 Å². The molecule has 0 radical (unpaired) electrons. The molecule has 1 aliphatic rings. The predicted molar refractivity (Wildman–Crippen MR) is 101 cm³/mol. The number of nitrogens with one attached hydrogen (secondary N) is 1. The number of hydrogen-bond donors (Lipinski definition) is 1. The van der Waals surface area contributed by atoms with E-state index in [4.69, 9.17) is 0 Å². The molecule has 0 saturated carbocycles. The quantitative estimate of drug-likeness (QED) is 0.623. The van der Waals surface area contributed by atoms with Crippen LogP contribution < -0.4 is 5.32 Å². The van der Waals surface area contributed by atoms with Gasteiger partial charge in [0.2, 0.25) is 0 Å². The van der Waals surface area contributed by atoms with E-state index in [2.05, 4.69) is 12.2 Å². The number of rotatable bonds is 6. The molecule has 1 N–H and O–H groups in total. The molecule has 1 fully saturated rings. The van der Waals surface area contributed by atoms with Gasteiger partial charge < -0.3 is 5.32 Å². The second-order valence-electron chi connectivity index (χ2n) is 6.73. The molecule has 1 aliphatic heterocycles. The molecule has 0 unspecified atom stereocenters. The van der Waals surface area contributed by atoms with Crippen LogP contribution in [-0.2, 0) is 16.8 Å². The molecule has 26 heavy (non-hydrogen) atoms. The summed E-state index contributed by atoms with van der Waals surface area (Å²) in [7, 11) is 0. The Hall–Kier alpha value is -2.47. The molecule has 0 bridgehead atoms. The van der Waals surface area contributed by atoms with Crippen LogP contribution in [0.3, 0.4) is 0 Å². The van der Waals surface area contributed by atoms with Gasteiger partial charge in [-0.1, -0.05) is 37.6 Å². The van der Waals surface area contributed by atoms with Crippen LogP contribution in [0.5, 0.6) is 0 Å². The number of nitrogens with zero attached hydrogens (tertiary/aromatic N) is 1. The summed E-state index contributed by atoms with van der Waals surface area (Å²) in [5.41, 5.74) is 0.766.